The topological polar surface area (TPSA) is 32.3 Å². The molecule has 2 rings (SSSR count). The summed E-state index contributed by atoms with van der Waals surface area (Å²) in [5.41, 5.74) is 0. The van der Waals surface area contributed by atoms with E-state index in [4.69, 9.17) is 0 Å². The van der Waals surface area contributed by atoms with Gasteiger partial charge in [-0.3, -0.25) is 0 Å². The molecule has 0 spiro atoms. The van der Waals surface area contributed by atoms with Crippen LogP contribution in [0.25, 0.3) is 0 Å². The van der Waals surface area contributed by atoms with Gasteiger partial charge in [0, 0.05) is 12.1 Å². The Bertz CT molecular complexity index is 199. The van der Waals surface area contributed by atoms with Crippen LogP contribution in [-0.2, 0) is 0 Å². The van der Waals surface area contributed by atoms with E-state index in [-0.39, 0.29) is 6.10 Å². The van der Waals surface area contributed by atoms with Crippen LogP contribution in [0, 0.1) is 5.92 Å². The van der Waals surface area contributed by atoms with Gasteiger partial charge >= 0.3 is 0 Å². The van der Waals surface area contributed by atoms with Crippen molar-refractivity contribution in [3.63, 3.8) is 0 Å². The maximum Gasteiger partial charge on any atom is 0.0693 e. The molecule has 0 unspecified atom stereocenters. The third kappa shape index (κ3) is 3.21. The second-order valence-corrected chi connectivity index (χ2v) is 5.81. The molecule has 0 heterocycles. The van der Waals surface area contributed by atoms with Crippen molar-refractivity contribution in [2.24, 2.45) is 5.92 Å². The van der Waals surface area contributed by atoms with Crippen LogP contribution in [-0.4, -0.2) is 23.3 Å². The van der Waals surface area contributed by atoms with Crippen molar-refractivity contribution < 1.29 is 5.11 Å². The minimum absolute atomic E-state index is 0.0896. The molecule has 2 fully saturated rings. The molecular weight excluding hydrogens is 198 g/mol. The van der Waals surface area contributed by atoms with Crippen LogP contribution < -0.4 is 5.32 Å². The maximum atomic E-state index is 9.83. The van der Waals surface area contributed by atoms with Crippen LogP contribution in [0.2, 0.25) is 0 Å². The molecule has 16 heavy (non-hydrogen) atoms. The van der Waals surface area contributed by atoms with Crippen LogP contribution in [0.1, 0.15) is 64.7 Å². The number of aliphatic hydroxyl groups is 1. The molecule has 2 aliphatic carbocycles. The third-order valence-electron chi connectivity index (χ3n) is 4.56. The van der Waals surface area contributed by atoms with E-state index in [0.29, 0.717) is 12.1 Å². The van der Waals surface area contributed by atoms with Crippen molar-refractivity contribution in [2.45, 2.75) is 82.9 Å². The number of hydrogen-bond acceptors (Lipinski definition) is 2. The van der Waals surface area contributed by atoms with Gasteiger partial charge in [-0.15, -0.1) is 0 Å². The van der Waals surface area contributed by atoms with Crippen molar-refractivity contribution >= 4 is 0 Å². The average molecular weight is 225 g/mol. The fourth-order valence-electron chi connectivity index (χ4n) is 3.42. The first kappa shape index (κ1) is 12.4. The smallest absolute Gasteiger partial charge is 0.0693 e. The second kappa shape index (κ2) is 6.02. The summed E-state index contributed by atoms with van der Waals surface area (Å²) >= 11 is 0. The SMILES string of the molecule is C[C@H](N[C@@H]1CCC[C@H]1O)C1CCCCCC1. The lowest BCUT2D eigenvalue weighted by molar-refractivity contribution is 0.136. The molecule has 0 saturated heterocycles. The molecule has 2 N–H and O–H groups in total. The van der Waals surface area contributed by atoms with Gasteiger partial charge in [0.15, 0.2) is 0 Å². The van der Waals surface area contributed by atoms with Crippen LogP contribution in [0.4, 0.5) is 0 Å². The zero-order chi connectivity index (χ0) is 11.4. The Balaban J connectivity index is 1.79. The van der Waals surface area contributed by atoms with Gasteiger partial charge in [-0.2, -0.15) is 0 Å². The summed E-state index contributed by atoms with van der Waals surface area (Å²) in [6.07, 6.45) is 11.7. The van der Waals surface area contributed by atoms with Gasteiger partial charge in [0.1, 0.15) is 0 Å². The Morgan fingerprint density at radius 2 is 1.62 bits per heavy atom. The monoisotopic (exact) mass is 225 g/mol. The molecule has 0 aliphatic heterocycles. The van der Waals surface area contributed by atoms with Gasteiger partial charge in [-0.05, 0) is 44.9 Å². The van der Waals surface area contributed by atoms with Crippen molar-refractivity contribution in [1.29, 1.82) is 0 Å². The van der Waals surface area contributed by atoms with E-state index in [1.54, 1.807) is 0 Å². The predicted octanol–water partition coefficient (Wildman–Crippen LogP) is 2.85. The first-order chi connectivity index (χ1) is 7.77. The summed E-state index contributed by atoms with van der Waals surface area (Å²) in [7, 11) is 0. The first-order valence-corrected chi connectivity index (χ1v) is 7.21. The summed E-state index contributed by atoms with van der Waals surface area (Å²) < 4.78 is 0. The number of rotatable bonds is 3. The molecule has 0 radical (unpaired) electrons. The lowest BCUT2D eigenvalue weighted by Crippen LogP contribution is -2.44. The van der Waals surface area contributed by atoms with Gasteiger partial charge in [-0.1, -0.05) is 25.7 Å². The van der Waals surface area contributed by atoms with E-state index >= 15 is 0 Å². The van der Waals surface area contributed by atoms with Crippen molar-refractivity contribution in [3.8, 4) is 0 Å². The van der Waals surface area contributed by atoms with Crippen molar-refractivity contribution in [2.75, 3.05) is 0 Å². The lowest BCUT2D eigenvalue weighted by Gasteiger charge is -2.28. The largest absolute Gasteiger partial charge is 0.392 e. The Labute approximate surface area is 99.8 Å². The highest BCUT2D eigenvalue weighted by Gasteiger charge is 2.28. The van der Waals surface area contributed by atoms with E-state index in [2.05, 4.69) is 12.2 Å². The predicted molar refractivity (Wildman–Crippen MR) is 67.4 cm³/mol. The number of aliphatic hydroxyl groups excluding tert-OH is 1. The molecule has 3 atom stereocenters. The van der Waals surface area contributed by atoms with Crippen LogP contribution in [0.3, 0.4) is 0 Å². The Hall–Kier alpha value is -0.0800. The van der Waals surface area contributed by atoms with Gasteiger partial charge in [0.05, 0.1) is 6.10 Å². The van der Waals surface area contributed by atoms with Gasteiger partial charge in [0.2, 0.25) is 0 Å². The highest BCUT2D eigenvalue weighted by molar-refractivity contribution is 4.86. The van der Waals surface area contributed by atoms with Gasteiger partial charge < -0.3 is 10.4 Å². The zero-order valence-electron chi connectivity index (χ0n) is 10.6. The molecule has 0 aromatic rings. The van der Waals surface area contributed by atoms with E-state index in [0.717, 1.165) is 18.8 Å². The van der Waals surface area contributed by atoms with Crippen molar-refractivity contribution in [3.05, 3.63) is 0 Å². The highest BCUT2D eigenvalue weighted by atomic mass is 16.3. The summed E-state index contributed by atoms with van der Waals surface area (Å²) in [6, 6.07) is 0.967. The quantitative estimate of drug-likeness (QED) is 0.724. The van der Waals surface area contributed by atoms with E-state index in [9.17, 15) is 5.11 Å². The number of nitrogens with one attached hydrogen (secondary N) is 1. The Morgan fingerprint density at radius 3 is 2.19 bits per heavy atom. The van der Waals surface area contributed by atoms with Crippen LogP contribution in [0.15, 0.2) is 0 Å². The molecule has 0 aromatic carbocycles. The molecule has 2 saturated carbocycles. The Morgan fingerprint density at radius 1 is 0.938 bits per heavy atom. The van der Waals surface area contributed by atoms with Crippen molar-refractivity contribution in [1.82, 2.24) is 5.32 Å². The second-order valence-electron chi connectivity index (χ2n) is 5.81. The van der Waals surface area contributed by atoms with E-state index in [1.807, 2.05) is 0 Å². The lowest BCUT2D eigenvalue weighted by atomic mass is 9.92. The molecule has 2 nitrogen and oxygen atoms in total. The molecule has 94 valence electrons. The highest BCUT2D eigenvalue weighted by Crippen LogP contribution is 2.27. The number of hydrogen-bond donors (Lipinski definition) is 2. The molecule has 0 amide bonds. The van der Waals surface area contributed by atoms with Gasteiger partial charge in [0.25, 0.3) is 0 Å². The molecular formula is C14H27NO. The third-order valence-corrected chi connectivity index (χ3v) is 4.56. The summed E-state index contributed by atoms with van der Waals surface area (Å²) in [6.45, 7) is 2.32. The van der Waals surface area contributed by atoms with E-state index in [1.165, 1.54) is 44.9 Å². The van der Waals surface area contributed by atoms with Crippen LogP contribution >= 0.6 is 0 Å². The summed E-state index contributed by atoms with van der Waals surface area (Å²) in [5.74, 6) is 0.843. The molecule has 0 aromatic heterocycles. The molecule has 2 heteroatoms. The summed E-state index contributed by atoms with van der Waals surface area (Å²) in [5, 5.41) is 13.5. The fourth-order valence-corrected chi connectivity index (χ4v) is 3.42. The maximum absolute atomic E-state index is 9.83. The Kier molecular flexibility index (Phi) is 4.66. The average Bonchev–Trinajstić information content (AvgIpc) is 2.57. The minimum Gasteiger partial charge on any atom is -0.392 e. The standard InChI is InChI=1S/C14H27NO/c1-11(12-7-4-2-3-5-8-12)15-13-9-6-10-14(13)16/h11-16H,2-10H2,1H3/t11-,13+,14+/m0/s1. The van der Waals surface area contributed by atoms with Gasteiger partial charge in [-0.25, -0.2) is 0 Å². The fraction of sp³-hybridized carbons (Fsp3) is 1.00. The normalized spacial score (nSPS) is 34.9. The first-order valence-electron chi connectivity index (χ1n) is 7.21. The van der Waals surface area contributed by atoms with Crippen LogP contribution in [0.5, 0.6) is 0 Å². The zero-order valence-corrected chi connectivity index (χ0v) is 10.6. The summed E-state index contributed by atoms with van der Waals surface area (Å²) in [4.78, 5) is 0. The molecule has 0 bridgehead atoms. The molecule has 2 aliphatic rings. The minimum atomic E-state index is -0.0896. The van der Waals surface area contributed by atoms with E-state index < -0.39 is 0 Å².